The first kappa shape index (κ1) is 10.9. The third-order valence-corrected chi connectivity index (χ3v) is 4.13. The Balaban J connectivity index is 2.01. The fourth-order valence-corrected chi connectivity index (χ4v) is 3.07. The number of piperidine rings is 3. The van der Waals surface area contributed by atoms with Crippen molar-refractivity contribution in [1.82, 2.24) is 4.90 Å². The minimum Gasteiger partial charge on any atom is -0.479 e. The Bertz CT molecular complexity index is 248. The Morgan fingerprint density at radius 3 is 2.40 bits per heavy atom. The van der Waals surface area contributed by atoms with Gasteiger partial charge in [0.1, 0.15) is 0 Å². The molecule has 0 aromatic rings. The predicted molar refractivity (Wildman–Crippen MR) is 55.5 cm³/mol. The zero-order valence-electron chi connectivity index (χ0n) is 9.09. The largest absolute Gasteiger partial charge is 0.479 e. The van der Waals surface area contributed by atoms with E-state index in [0.717, 1.165) is 19.6 Å². The van der Waals surface area contributed by atoms with E-state index in [1.807, 2.05) is 6.92 Å². The molecule has 3 rings (SSSR count). The van der Waals surface area contributed by atoms with E-state index in [1.165, 1.54) is 12.8 Å². The number of rotatable bonds is 3. The van der Waals surface area contributed by atoms with Crippen molar-refractivity contribution < 1.29 is 15.0 Å². The van der Waals surface area contributed by atoms with Crippen LogP contribution in [0.25, 0.3) is 0 Å². The van der Waals surface area contributed by atoms with Crippen LogP contribution >= 0.6 is 0 Å². The second-order valence-corrected chi connectivity index (χ2v) is 4.94. The first-order valence-electron chi connectivity index (χ1n) is 5.73. The zero-order chi connectivity index (χ0) is 11.0. The van der Waals surface area contributed by atoms with Gasteiger partial charge in [-0.1, -0.05) is 6.92 Å². The van der Waals surface area contributed by atoms with Gasteiger partial charge in [0.15, 0.2) is 6.10 Å². The lowest BCUT2D eigenvalue weighted by Crippen LogP contribution is -2.51. The minimum absolute atomic E-state index is 0.129. The number of carbonyl (C=O) groups is 1. The van der Waals surface area contributed by atoms with Gasteiger partial charge in [-0.15, -0.1) is 0 Å². The van der Waals surface area contributed by atoms with Crippen LogP contribution in [0.1, 0.15) is 19.8 Å². The van der Waals surface area contributed by atoms with Crippen molar-refractivity contribution in [1.29, 1.82) is 0 Å². The number of carboxylic acid groups (broad SMARTS) is 1. The third-order valence-electron chi connectivity index (χ3n) is 4.13. The van der Waals surface area contributed by atoms with Crippen LogP contribution in [0.3, 0.4) is 0 Å². The van der Waals surface area contributed by atoms with Crippen molar-refractivity contribution >= 4 is 5.97 Å². The second-order valence-electron chi connectivity index (χ2n) is 4.94. The number of aliphatic hydroxyl groups is 1. The Hall–Kier alpha value is -0.610. The van der Waals surface area contributed by atoms with Crippen molar-refractivity contribution in [2.75, 3.05) is 19.6 Å². The van der Waals surface area contributed by atoms with E-state index < -0.39 is 12.1 Å². The molecular weight excluding hydrogens is 194 g/mol. The molecule has 2 N–H and O–H groups in total. The molecular formula is C11H19NO3. The maximum Gasteiger partial charge on any atom is 0.332 e. The van der Waals surface area contributed by atoms with Gasteiger partial charge in [-0.3, -0.25) is 0 Å². The summed E-state index contributed by atoms with van der Waals surface area (Å²) in [5, 5.41) is 18.3. The summed E-state index contributed by atoms with van der Waals surface area (Å²) in [5.41, 5.74) is 0. The van der Waals surface area contributed by atoms with Crippen LogP contribution in [0, 0.1) is 17.8 Å². The molecule has 0 saturated carbocycles. The minimum atomic E-state index is -1.20. The molecule has 86 valence electrons. The summed E-state index contributed by atoms with van der Waals surface area (Å²) < 4.78 is 0. The summed E-state index contributed by atoms with van der Waals surface area (Å²) in [5.74, 6) is -0.229. The molecule has 3 heterocycles. The third kappa shape index (κ3) is 2.01. The van der Waals surface area contributed by atoms with Gasteiger partial charge in [-0.05, 0) is 43.7 Å². The predicted octanol–water partition coefficient (Wildman–Crippen LogP) is 0.410. The molecule has 3 saturated heterocycles. The number of aliphatic carboxylic acids is 1. The van der Waals surface area contributed by atoms with E-state index in [4.69, 9.17) is 5.11 Å². The summed E-state index contributed by atoms with van der Waals surface area (Å²) in [4.78, 5) is 13.1. The number of nitrogens with zero attached hydrogens (tertiary/aromatic N) is 1. The molecule has 0 aromatic heterocycles. The Kier molecular flexibility index (Phi) is 2.98. The molecule has 1 unspecified atom stereocenters. The van der Waals surface area contributed by atoms with Gasteiger partial charge in [0, 0.05) is 6.54 Å². The van der Waals surface area contributed by atoms with Crippen molar-refractivity contribution in [3.8, 4) is 0 Å². The molecule has 4 nitrogen and oxygen atoms in total. The molecule has 3 aliphatic rings. The molecule has 3 fully saturated rings. The Labute approximate surface area is 89.9 Å². The first-order valence-corrected chi connectivity index (χ1v) is 5.73. The van der Waals surface area contributed by atoms with E-state index >= 15 is 0 Å². The maximum absolute atomic E-state index is 10.7. The monoisotopic (exact) mass is 213 g/mol. The van der Waals surface area contributed by atoms with Crippen LogP contribution in [0.5, 0.6) is 0 Å². The highest BCUT2D eigenvalue weighted by Gasteiger charge is 2.40. The van der Waals surface area contributed by atoms with E-state index in [2.05, 4.69) is 4.90 Å². The average molecular weight is 213 g/mol. The summed E-state index contributed by atoms with van der Waals surface area (Å²) in [6.45, 7) is 5.13. The van der Waals surface area contributed by atoms with E-state index in [9.17, 15) is 9.90 Å². The molecule has 2 bridgehead atoms. The van der Waals surface area contributed by atoms with Gasteiger partial charge in [-0.2, -0.15) is 0 Å². The molecule has 0 radical (unpaired) electrons. The van der Waals surface area contributed by atoms with Gasteiger partial charge in [0.25, 0.3) is 0 Å². The number of carboxylic acids is 1. The van der Waals surface area contributed by atoms with Crippen LogP contribution in [-0.4, -0.2) is 46.8 Å². The van der Waals surface area contributed by atoms with Gasteiger partial charge in [-0.25, -0.2) is 4.79 Å². The van der Waals surface area contributed by atoms with E-state index in [0.29, 0.717) is 11.8 Å². The van der Waals surface area contributed by atoms with E-state index in [1.54, 1.807) is 0 Å². The van der Waals surface area contributed by atoms with Crippen LogP contribution in [0.2, 0.25) is 0 Å². The molecule has 0 aromatic carbocycles. The number of hydrogen-bond donors (Lipinski definition) is 2. The highest BCUT2D eigenvalue weighted by molar-refractivity contribution is 5.72. The van der Waals surface area contributed by atoms with Crippen LogP contribution in [0.15, 0.2) is 0 Å². The fourth-order valence-electron chi connectivity index (χ4n) is 3.07. The molecule has 0 amide bonds. The molecule has 0 aliphatic carbocycles. The first-order chi connectivity index (χ1) is 7.09. The fraction of sp³-hybridized carbons (Fsp3) is 0.909. The lowest BCUT2D eigenvalue weighted by molar-refractivity contribution is -0.152. The standard InChI is InChI=1S/C11H19NO3/c1-7(10(13)11(14)15)9-6-12-4-2-8(9)3-5-12/h7-10,13H,2-6H2,1H3,(H,14,15)/t7?,9-,10+/m1/s1. The lowest BCUT2D eigenvalue weighted by Gasteiger charge is -2.47. The van der Waals surface area contributed by atoms with Gasteiger partial charge in [0.05, 0.1) is 0 Å². The normalized spacial score (nSPS) is 38.7. The zero-order valence-corrected chi connectivity index (χ0v) is 9.09. The Morgan fingerprint density at radius 2 is 2.00 bits per heavy atom. The second kappa shape index (κ2) is 4.10. The van der Waals surface area contributed by atoms with Crippen molar-refractivity contribution in [2.24, 2.45) is 17.8 Å². The molecule has 3 aliphatic heterocycles. The smallest absolute Gasteiger partial charge is 0.332 e. The van der Waals surface area contributed by atoms with E-state index in [-0.39, 0.29) is 5.92 Å². The summed E-state index contributed by atoms with van der Waals surface area (Å²) >= 11 is 0. The van der Waals surface area contributed by atoms with Crippen molar-refractivity contribution in [3.05, 3.63) is 0 Å². The van der Waals surface area contributed by atoms with Crippen LogP contribution in [0.4, 0.5) is 0 Å². The molecule has 15 heavy (non-hydrogen) atoms. The highest BCUT2D eigenvalue weighted by Crippen LogP contribution is 2.37. The van der Waals surface area contributed by atoms with Crippen LogP contribution < -0.4 is 0 Å². The van der Waals surface area contributed by atoms with Crippen molar-refractivity contribution in [2.45, 2.75) is 25.9 Å². The summed E-state index contributed by atoms with van der Waals surface area (Å²) in [6, 6.07) is 0. The van der Waals surface area contributed by atoms with Gasteiger partial charge in [0.2, 0.25) is 0 Å². The average Bonchev–Trinajstić information content (AvgIpc) is 2.28. The number of aliphatic hydroxyl groups excluding tert-OH is 1. The molecule has 4 heteroatoms. The maximum atomic E-state index is 10.7. The SMILES string of the molecule is CC([C@H]1CN2CCC1CC2)[C@H](O)C(=O)O. The highest BCUT2D eigenvalue weighted by atomic mass is 16.4. The molecule has 0 spiro atoms. The number of fused-ring (bicyclic) bond motifs is 3. The van der Waals surface area contributed by atoms with Crippen LogP contribution in [-0.2, 0) is 4.79 Å². The Morgan fingerprint density at radius 1 is 1.40 bits per heavy atom. The van der Waals surface area contributed by atoms with Gasteiger partial charge >= 0.3 is 5.97 Å². The number of hydrogen-bond acceptors (Lipinski definition) is 3. The lowest BCUT2D eigenvalue weighted by atomic mass is 9.71. The topological polar surface area (TPSA) is 60.8 Å². The molecule has 3 atom stereocenters. The van der Waals surface area contributed by atoms with Crippen molar-refractivity contribution in [3.63, 3.8) is 0 Å². The van der Waals surface area contributed by atoms with Gasteiger partial charge < -0.3 is 15.1 Å². The quantitative estimate of drug-likeness (QED) is 0.713. The summed E-state index contributed by atoms with van der Waals surface area (Å²) in [7, 11) is 0. The summed E-state index contributed by atoms with van der Waals surface area (Å²) in [6.07, 6.45) is 1.14.